The van der Waals surface area contributed by atoms with Crippen LogP contribution in [0.4, 0.5) is 5.95 Å². The number of anilines is 1. The average Bonchev–Trinajstić information content (AvgIpc) is 2.97. The van der Waals surface area contributed by atoms with E-state index in [0.29, 0.717) is 36.7 Å². The van der Waals surface area contributed by atoms with Gasteiger partial charge in [-0.3, -0.25) is 4.79 Å². The summed E-state index contributed by atoms with van der Waals surface area (Å²) in [4.78, 5) is 29.8. The molecule has 2 aromatic rings. The van der Waals surface area contributed by atoms with Gasteiger partial charge in [-0.1, -0.05) is 20.8 Å². The zero-order valence-electron chi connectivity index (χ0n) is 15.8. The van der Waals surface area contributed by atoms with Crippen LogP contribution in [0, 0.1) is 6.92 Å². The fourth-order valence-corrected chi connectivity index (χ4v) is 2.74. The van der Waals surface area contributed by atoms with Crippen molar-refractivity contribution in [3.63, 3.8) is 0 Å². The highest BCUT2D eigenvalue weighted by Gasteiger charge is 2.30. The first-order valence-corrected chi connectivity index (χ1v) is 8.46. The number of oxazole rings is 1. The Morgan fingerprint density at radius 2 is 2.00 bits per heavy atom. The van der Waals surface area contributed by atoms with Crippen LogP contribution in [-0.4, -0.2) is 46.4 Å². The lowest BCUT2D eigenvalue weighted by Crippen LogP contribution is -2.36. The topological polar surface area (TPSA) is 75.4 Å². The van der Waals surface area contributed by atoms with Crippen molar-refractivity contribution < 1.29 is 9.21 Å². The van der Waals surface area contributed by atoms with Gasteiger partial charge >= 0.3 is 0 Å². The van der Waals surface area contributed by atoms with Gasteiger partial charge in [0.1, 0.15) is 11.5 Å². The van der Waals surface area contributed by atoms with Crippen molar-refractivity contribution >= 4 is 11.9 Å². The highest BCUT2D eigenvalue weighted by atomic mass is 16.4. The van der Waals surface area contributed by atoms with Crippen molar-refractivity contribution in [2.24, 2.45) is 0 Å². The molecule has 0 saturated heterocycles. The molecular weight excluding hydrogens is 318 g/mol. The number of nitrogens with zero attached hydrogens (tertiary/aromatic N) is 5. The number of hydrogen-bond donors (Lipinski definition) is 0. The highest BCUT2D eigenvalue weighted by molar-refractivity contribution is 5.95. The lowest BCUT2D eigenvalue weighted by Gasteiger charge is -2.25. The quantitative estimate of drug-likeness (QED) is 0.833. The van der Waals surface area contributed by atoms with E-state index in [1.54, 1.807) is 11.1 Å². The Labute approximate surface area is 148 Å². The lowest BCUT2D eigenvalue weighted by molar-refractivity contribution is 0.0726. The number of aryl methyl sites for hydroxylation is 1. The van der Waals surface area contributed by atoms with E-state index in [1.807, 2.05) is 25.9 Å². The van der Waals surface area contributed by atoms with Crippen molar-refractivity contribution in [2.45, 2.75) is 46.1 Å². The van der Waals surface area contributed by atoms with Gasteiger partial charge in [0.25, 0.3) is 5.91 Å². The summed E-state index contributed by atoms with van der Waals surface area (Å²) in [5.74, 6) is 2.15. The highest BCUT2D eigenvalue weighted by Crippen LogP contribution is 2.28. The van der Waals surface area contributed by atoms with Crippen molar-refractivity contribution in [2.75, 3.05) is 25.5 Å². The first-order chi connectivity index (χ1) is 11.7. The Morgan fingerprint density at radius 1 is 1.28 bits per heavy atom. The molecule has 25 heavy (non-hydrogen) atoms. The van der Waals surface area contributed by atoms with E-state index in [4.69, 9.17) is 4.42 Å². The first kappa shape index (κ1) is 17.4. The molecule has 0 aliphatic carbocycles. The van der Waals surface area contributed by atoms with Crippen molar-refractivity contribution in [3.8, 4) is 0 Å². The summed E-state index contributed by atoms with van der Waals surface area (Å²) >= 11 is 0. The Morgan fingerprint density at radius 3 is 2.60 bits per heavy atom. The van der Waals surface area contributed by atoms with Crippen LogP contribution in [0.15, 0.2) is 10.6 Å². The molecule has 0 spiro atoms. The van der Waals surface area contributed by atoms with Crippen LogP contribution >= 0.6 is 0 Å². The molecule has 1 aliphatic rings. The summed E-state index contributed by atoms with van der Waals surface area (Å²) in [6.45, 7) is 9.12. The first-order valence-electron chi connectivity index (χ1n) is 8.46. The van der Waals surface area contributed by atoms with Crippen molar-refractivity contribution in [3.05, 3.63) is 34.8 Å². The van der Waals surface area contributed by atoms with E-state index in [0.717, 1.165) is 17.3 Å². The van der Waals surface area contributed by atoms with Gasteiger partial charge in [0.2, 0.25) is 5.95 Å². The van der Waals surface area contributed by atoms with Crippen LogP contribution in [0.2, 0.25) is 0 Å². The molecule has 0 saturated carbocycles. The van der Waals surface area contributed by atoms with E-state index >= 15 is 0 Å². The fourth-order valence-electron chi connectivity index (χ4n) is 2.74. The van der Waals surface area contributed by atoms with E-state index in [-0.39, 0.29) is 11.3 Å². The molecule has 134 valence electrons. The summed E-state index contributed by atoms with van der Waals surface area (Å²) in [5, 5.41) is 0. The molecular formula is C18H25N5O2. The minimum atomic E-state index is -0.140. The van der Waals surface area contributed by atoms with E-state index < -0.39 is 0 Å². The van der Waals surface area contributed by atoms with Gasteiger partial charge < -0.3 is 14.2 Å². The molecule has 1 aliphatic heterocycles. The Hall–Kier alpha value is -2.44. The maximum atomic E-state index is 12.9. The minimum Gasteiger partial charge on any atom is -0.445 e. The molecule has 2 aromatic heterocycles. The zero-order chi connectivity index (χ0) is 18.4. The fraction of sp³-hybridized carbons (Fsp3) is 0.556. The Bertz CT molecular complexity index is 804. The summed E-state index contributed by atoms with van der Waals surface area (Å²) in [5.41, 5.74) is 1.94. The number of fused-ring (bicyclic) bond motifs is 1. The van der Waals surface area contributed by atoms with Gasteiger partial charge in [-0.15, -0.1) is 0 Å². The van der Waals surface area contributed by atoms with Crippen LogP contribution in [-0.2, 0) is 18.4 Å². The van der Waals surface area contributed by atoms with Crippen molar-refractivity contribution in [1.29, 1.82) is 0 Å². The number of carbonyl (C=O) groups is 1. The molecule has 0 N–H and O–H groups in total. The molecule has 0 atom stereocenters. The molecule has 0 bridgehead atoms. The predicted octanol–water partition coefficient (Wildman–Crippen LogP) is 2.34. The molecule has 7 heteroatoms. The van der Waals surface area contributed by atoms with Gasteiger partial charge in [0.15, 0.2) is 5.89 Å². The van der Waals surface area contributed by atoms with Gasteiger partial charge in [0, 0.05) is 38.7 Å². The average molecular weight is 343 g/mol. The van der Waals surface area contributed by atoms with E-state index in [1.165, 1.54) is 0 Å². The van der Waals surface area contributed by atoms with Crippen molar-refractivity contribution in [1.82, 2.24) is 19.9 Å². The summed E-state index contributed by atoms with van der Waals surface area (Å²) in [6, 6.07) is 0. The monoisotopic (exact) mass is 343 g/mol. The second-order valence-corrected chi connectivity index (χ2v) is 7.68. The molecule has 0 aromatic carbocycles. The molecule has 0 fully saturated rings. The number of aromatic nitrogens is 3. The summed E-state index contributed by atoms with van der Waals surface area (Å²) in [7, 11) is 3.75. The maximum Gasteiger partial charge on any atom is 0.257 e. The smallest absolute Gasteiger partial charge is 0.257 e. The van der Waals surface area contributed by atoms with E-state index in [2.05, 4.69) is 35.7 Å². The standard InChI is InChI=1S/C18H25N5O2/c1-11-12(9-19-17(20-11)22(5)6)15(24)23-8-7-14-13(10-23)21-16(25-14)18(2,3)4/h9H,7-8,10H2,1-6H3. The molecule has 3 heterocycles. The minimum absolute atomic E-state index is 0.0613. The summed E-state index contributed by atoms with van der Waals surface area (Å²) < 4.78 is 5.89. The number of hydrogen-bond acceptors (Lipinski definition) is 6. The Balaban J connectivity index is 1.82. The van der Waals surface area contributed by atoms with E-state index in [9.17, 15) is 4.79 Å². The van der Waals surface area contributed by atoms with Gasteiger partial charge in [-0.05, 0) is 6.92 Å². The van der Waals surface area contributed by atoms with Crippen LogP contribution in [0.3, 0.4) is 0 Å². The summed E-state index contributed by atoms with van der Waals surface area (Å²) in [6.07, 6.45) is 2.29. The lowest BCUT2D eigenvalue weighted by atomic mass is 9.97. The second kappa shape index (κ2) is 6.13. The largest absolute Gasteiger partial charge is 0.445 e. The van der Waals surface area contributed by atoms with Gasteiger partial charge in [-0.2, -0.15) is 0 Å². The third kappa shape index (κ3) is 3.36. The molecule has 0 unspecified atom stereocenters. The van der Waals surface area contributed by atoms with Crippen LogP contribution in [0.5, 0.6) is 0 Å². The molecule has 0 radical (unpaired) electrons. The normalized spacial score (nSPS) is 14.4. The number of amides is 1. The van der Waals surface area contributed by atoms with Crippen LogP contribution in [0.1, 0.15) is 54.2 Å². The molecule has 7 nitrogen and oxygen atoms in total. The third-order valence-corrected chi connectivity index (χ3v) is 4.25. The SMILES string of the molecule is Cc1nc(N(C)C)ncc1C(=O)N1CCc2oc(C(C)(C)C)nc2C1. The van der Waals surface area contributed by atoms with Gasteiger partial charge in [-0.25, -0.2) is 15.0 Å². The third-order valence-electron chi connectivity index (χ3n) is 4.25. The number of rotatable bonds is 2. The zero-order valence-corrected chi connectivity index (χ0v) is 15.8. The van der Waals surface area contributed by atoms with Crippen LogP contribution < -0.4 is 4.90 Å². The predicted molar refractivity (Wildman–Crippen MR) is 94.7 cm³/mol. The molecule has 1 amide bonds. The van der Waals surface area contributed by atoms with Crippen LogP contribution in [0.25, 0.3) is 0 Å². The second-order valence-electron chi connectivity index (χ2n) is 7.68. The van der Waals surface area contributed by atoms with Gasteiger partial charge in [0.05, 0.1) is 17.8 Å². The Kier molecular flexibility index (Phi) is 4.26. The molecule has 3 rings (SSSR count). The maximum absolute atomic E-state index is 12.9. The number of carbonyl (C=O) groups excluding carboxylic acids is 1.